The molecule has 0 unspecified atom stereocenters. The standard InChI is InChI=1S/C12H21NO3/c1-10(2,3)16-9(15)13-7-12(8-14)5-11(13,4)6-12/h14H,5-8H2,1-4H3. The van der Waals surface area contributed by atoms with E-state index in [4.69, 9.17) is 4.74 Å². The average Bonchev–Trinajstić information content (AvgIpc) is 2.50. The third-order valence-electron chi connectivity index (χ3n) is 3.61. The lowest BCUT2D eigenvalue weighted by atomic mass is 9.63. The van der Waals surface area contributed by atoms with Crippen LogP contribution in [0.3, 0.4) is 0 Å². The molecule has 2 saturated heterocycles. The third kappa shape index (κ3) is 1.69. The van der Waals surface area contributed by atoms with Gasteiger partial charge in [0.1, 0.15) is 5.60 Å². The highest BCUT2D eigenvalue weighted by Gasteiger charge is 2.64. The Morgan fingerprint density at radius 1 is 1.44 bits per heavy atom. The van der Waals surface area contributed by atoms with Gasteiger partial charge in [0.05, 0.1) is 6.61 Å². The number of amides is 1. The third-order valence-corrected chi connectivity index (χ3v) is 3.61. The highest BCUT2D eigenvalue weighted by Crippen LogP contribution is 2.59. The fourth-order valence-corrected chi connectivity index (χ4v) is 3.16. The number of aliphatic hydroxyl groups excluding tert-OH is 1. The molecule has 3 aliphatic rings. The zero-order chi connectivity index (χ0) is 12.2. The average molecular weight is 227 g/mol. The van der Waals surface area contributed by atoms with E-state index in [1.54, 1.807) is 4.90 Å². The first-order valence-electron chi connectivity index (χ1n) is 5.81. The Kier molecular flexibility index (Phi) is 2.29. The maximum absolute atomic E-state index is 12.0. The predicted octanol–water partition coefficient (Wildman–Crippen LogP) is 1.77. The molecular formula is C12H21NO3. The summed E-state index contributed by atoms with van der Waals surface area (Å²) in [5.41, 5.74) is -0.594. The van der Waals surface area contributed by atoms with E-state index in [1.165, 1.54) is 0 Å². The number of ether oxygens (including phenoxy) is 1. The summed E-state index contributed by atoms with van der Waals surface area (Å²) >= 11 is 0. The Balaban J connectivity index is 2.05. The van der Waals surface area contributed by atoms with Crippen LogP contribution in [0.15, 0.2) is 0 Å². The Hall–Kier alpha value is -0.770. The first-order valence-corrected chi connectivity index (χ1v) is 5.81. The molecule has 16 heavy (non-hydrogen) atoms. The molecule has 2 aliphatic heterocycles. The van der Waals surface area contributed by atoms with Crippen LogP contribution in [0.5, 0.6) is 0 Å². The number of carbonyl (C=O) groups excluding carboxylic acids is 1. The molecule has 1 N–H and O–H groups in total. The largest absolute Gasteiger partial charge is 0.444 e. The van der Waals surface area contributed by atoms with Crippen molar-refractivity contribution >= 4 is 6.09 Å². The lowest BCUT2D eigenvalue weighted by Crippen LogP contribution is -2.50. The number of fused-ring (bicyclic) bond motifs is 1. The van der Waals surface area contributed by atoms with Crippen LogP contribution in [0, 0.1) is 5.41 Å². The summed E-state index contributed by atoms with van der Waals surface area (Å²) in [4.78, 5) is 13.8. The van der Waals surface area contributed by atoms with Crippen molar-refractivity contribution in [2.45, 2.75) is 51.7 Å². The summed E-state index contributed by atoms with van der Waals surface area (Å²) in [5, 5.41) is 9.33. The van der Waals surface area contributed by atoms with Crippen molar-refractivity contribution in [3.8, 4) is 0 Å². The summed E-state index contributed by atoms with van der Waals surface area (Å²) in [7, 11) is 0. The number of hydrogen-bond acceptors (Lipinski definition) is 3. The van der Waals surface area contributed by atoms with E-state index in [0.717, 1.165) is 12.8 Å². The van der Waals surface area contributed by atoms with Crippen LogP contribution in [0.1, 0.15) is 40.5 Å². The Morgan fingerprint density at radius 3 is 2.38 bits per heavy atom. The summed E-state index contributed by atoms with van der Waals surface area (Å²) < 4.78 is 5.38. The van der Waals surface area contributed by atoms with E-state index < -0.39 is 5.60 Å². The van der Waals surface area contributed by atoms with Crippen LogP contribution < -0.4 is 0 Å². The molecule has 92 valence electrons. The van der Waals surface area contributed by atoms with Crippen molar-refractivity contribution in [2.24, 2.45) is 5.41 Å². The number of nitrogens with zero attached hydrogens (tertiary/aromatic N) is 1. The Labute approximate surface area is 96.6 Å². The van der Waals surface area contributed by atoms with Crippen molar-refractivity contribution in [1.82, 2.24) is 4.90 Å². The molecule has 3 fully saturated rings. The second-order valence-electron chi connectivity index (χ2n) is 6.58. The van der Waals surface area contributed by atoms with Crippen LogP contribution in [0.25, 0.3) is 0 Å². The van der Waals surface area contributed by atoms with Gasteiger partial charge < -0.3 is 14.7 Å². The van der Waals surface area contributed by atoms with Gasteiger partial charge in [-0.3, -0.25) is 0 Å². The Morgan fingerprint density at radius 2 is 2.00 bits per heavy atom. The maximum atomic E-state index is 12.0. The zero-order valence-electron chi connectivity index (χ0n) is 10.5. The van der Waals surface area contributed by atoms with Gasteiger partial charge in [0.15, 0.2) is 0 Å². The molecule has 4 heteroatoms. The van der Waals surface area contributed by atoms with Gasteiger partial charge in [0.2, 0.25) is 0 Å². The molecule has 0 aromatic rings. The SMILES string of the molecule is CC(C)(C)OC(=O)N1CC2(CO)CC1(C)C2. The van der Waals surface area contributed by atoms with Gasteiger partial charge in [0.25, 0.3) is 0 Å². The summed E-state index contributed by atoms with van der Waals surface area (Å²) in [6.45, 7) is 8.48. The quantitative estimate of drug-likeness (QED) is 0.742. The topological polar surface area (TPSA) is 49.8 Å². The fraction of sp³-hybridized carbons (Fsp3) is 0.917. The van der Waals surface area contributed by atoms with Crippen molar-refractivity contribution in [3.63, 3.8) is 0 Å². The second kappa shape index (κ2) is 3.13. The van der Waals surface area contributed by atoms with E-state index in [-0.39, 0.29) is 23.7 Å². The van der Waals surface area contributed by atoms with Crippen molar-refractivity contribution < 1.29 is 14.6 Å². The zero-order valence-corrected chi connectivity index (χ0v) is 10.5. The van der Waals surface area contributed by atoms with E-state index in [0.29, 0.717) is 6.54 Å². The van der Waals surface area contributed by atoms with Crippen LogP contribution in [-0.4, -0.2) is 40.4 Å². The first-order chi connectivity index (χ1) is 7.20. The van der Waals surface area contributed by atoms with Gasteiger partial charge in [-0.2, -0.15) is 0 Å². The van der Waals surface area contributed by atoms with Crippen LogP contribution in [-0.2, 0) is 4.74 Å². The van der Waals surface area contributed by atoms with Crippen molar-refractivity contribution in [3.05, 3.63) is 0 Å². The number of carbonyl (C=O) groups is 1. The van der Waals surface area contributed by atoms with Gasteiger partial charge >= 0.3 is 6.09 Å². The van der Waals surface area contributed by atoms with Gasteiger partial charge in [0, 0.05) is 17.5 Å². The molecule has 0 spiro atoms. The lowest BCUT2D eigenvalue weighted by molar-refractivity contribution is 0.00111. The molecule has 2 bridgehead atoms. The minimum atomic E-state index is -0.452. The van der Waals surface area contributed by atoms with E-state index in [2.05, 4.69) is 6.92 Å². The summed E-state index contributed by atoms with van der Waals surface area (Å²) in [6.07, 6.45) is 1.55. The molecule has 4 nitrogen and oxygen atoms in total. The second-order valence-corrected chi connectivity index (χ2v) is 6.58. The van der Waals surface area contributed by atoms with Crippen LogP contribution in [0.2, 0.25) is 0 Å². The molecule has 0 aromatic carbocycles. The molecule has 2 heterocycles. The van der Waals surface area contributed by atoms with Gasteiger partial charge in [-0.15, -0.1) is 0 Å². The molecule has 0 atom stereocenters. The molecule has 0 radical (unpaired) electrons. The van der Waals surface area contributed by atoms with Gasteiger partial charge in [-0.1, -0.05) is 0 Å². The Bertz CT molecular complexity index is 313. The first kappa shape index (κ1) is 11.7. The monoisotopic (exact) mass is 227 g/mol. The van der Waals surface area contributed by atoms with E-state index >= 15 is 0 Å². The molecule has 1 amide bonds. The van der Waals surface area contributed by atoms with Gasteiger partial charge in [-0.05, 0) is 40.5 Å². The van der Waals surface area contributed by atoms with Crippen molar-refractivity contribution in [2.75, 3.05) is 13.2 Å². The highest BCUT2D eigenvalue weighted by molar-refractivity contribution is 5.71. The normalized spacial score (nSPS) is 37.2. The predicted molar refractivity (Wildman–Crippen MR) is 60.1 cm³/mol. The molecule has 0 aromatic heterocycles. The maximum Gasteiger partial charge on any atom is 0.410 e. The molecule has 1 saturated carbocycles. The van der Waals surface area contributed by atoms with Crippen LogP contribution in [0.4, 0.5) is 4.79 Å². The summed E-state index contributed by atoms with van der Waals surface area (Å²) in [5.74, 6) is 0. The lowest BCUT2D eigenvalue weighted by Gasteiger charge is -2.44. The highest BCUT2D eigenvalue weighted by atomic mass is 16.6. The smallest absolute Gasteiger partial charge is 0.410 e. The van der Waals surface area contributed by atoms with Crippen molar-refractivity contribution in [1.29, 1.82) is 0 Å². The van der Waals surface area contributed by atoms with Gasteiger partial charge in [-0.25, -0.2) is 4.79 Å². The number of aliphatic hydroxyl groups is 1. The fourth-order valence-electron chi connectivity index (χ4n) is 3.16. The minimum Gasteiger partial charge on any atom is -0.444 e. The number of rotatable bonds is 1. The number of hydrogen-bond donors (Lipinski definition) is 1. The van der Waals surface area contributed by atoms with Crippen LogP contribution >= 0.6 is 0 Å². The summed E-state index contributed by atoms with van der Waals surface area (Å²) in [6, 6.07) is 0. The van der Waals surface area contributed by atoms with E-state index in [1.807, 2.05) is 20.8 Å². The molecule has 3 rings (SSSR count). The molecular weight excluding hydrogens is 206 g/mol. The molecule has 1 aliphatic carbocycles. The minimum absolute atomic E-state index is 0.0499. The van der Waals surface area contributed by atoms with E-state index in [9.17, 15) is 9.90 Å².